The number of unbranched alkanes of at least 4 members (excludes halogenated alkanes) is 1. The Labute approximate surface area is 132 Å². The van der Waals surface area contributed by atoms with Crippen LogP contribution in [-0.2, 0) is 0 Å². The first-order chi connectivity index (χ1) is 10.6. The highest BCUT2D eigenvalue weighted by Gasteiger charge is 2.09. The summed E-state index contributed by atoms with van der Waals surface area (Å²) in [4.78, 5) is 16.5. The van der Waals surface area contributed by atoms with Crippen LogP contribution in [0.1, 0.15) is 41.3 Å². The largest absolute Gasteiger partial charge is 0.384 e. The number of nitrogens with zero attached hydrogens (tertiary/aromatic N) is 1. The normalized spacial score (nSPS) is 10.3. The van der Waals surface area contributed by atoms with E-state index in [0.717, 1.165) is 36.3 Å². The molecule has 0 aliphatic rings. The van der Waals surface area contributed by atoms with E-state index in [-0.39, 0.29) is 5.91 Å². The zero-order chi connectivity index (χ0) is 15.9. The fourth-order valence-corrected chi connectivity index (χ4v) is 2.22. The summed E-state index contributed by atoms with van der Waals surface area (Å²) in [6.07, 6.45) is 5.56. The molecule has 0 bridgehead atoms. The molecule has 1 heterocycles. The Hall–Kier alpha value is -2.36. The highest BCUT2D eigenvalue weighted by Crippen LogP contribution is 2.17. The maximum absolute atomic E-state index is 12.4. The molecule has 22 heavy (non-hydrogen) atoms. The molecule has 1 amide bonds. The van der Waals surface area contributed by atoms with Gasteiger partial charge >= 0.3 is 0 Å². The van der Waals surface area contributed by atoms with Gasteiger partial charge in [-0.3, -0.25) is 9.78 Å². The molecule has 0 aliphatic heterocycles. The summed E-state index contributed by atoms with van der Waals surface area (Å²) in [5.41, 5.74) is 4.50. The Kier molecular flexibility index (Phi) is 5.53. The summed E-state index contributed by atoms with van der Waals surface area (Å²) in [5.74, 6) is -0.140. The van der Waals surface area contributed by atoms with Crippen LogP contribution in [0.25, 0.3) is 0 Å². The third-order valence-corrected chi connectivity index (χ3v) is 3.49. The van der Waals surface area contributed by atoms with Gasteiger partial charge in [0.1, 0.15) is 0 Å². The average Bonchev–Trinajstić information content (AvgIpc) is 2.50. The summed E-state index contributed by atoms with van der Waals surface area (Å²) in [7, 11) is 0. The summed E-state index contributed by atoms with van der Waals surface area (Å²) in [5, 5.41) is 6.22. The van der Waals surface area contributed by atoms with E-state index >= 15 is 0 Å². The van der Waals surface area contributed by atoms with Crippen LogP contribution in [0.3, 0.4) is 0 Å². The molecule has 0 atom stereocenters. The molecule has 0 fully saturated rings. The molecule has 0 saturated heterocycles. The lowest BCUT2D eigenvalue weighted by atomic mass is 10.1. The summed E-state index contributed by atoms with van der Waals surface area (Å²) in [6.45, 7) is 7.06. The maximum atomic E-state index is 12.4. The summed E-state index contributed by atoms with van der Waals surface area (Å²) < 4.78 is 0. The average molecular weight is 297 g/mol. The molecule has 0 saturated carbocycles. The van der Waals surface area contributed by atoms with E-state index in [0.29, 0.717) is 5.56 Å². The number of benzene rings is 1. The Morgan fingerprint density at radius 1 is 1.18 bits per heavy atom. The zero-order valence-electron chi connectivity index (χ0n) is 13.4. The molecule has 1 aromatic carbocycles. The Balaban J connectivity index is 2.07. The minimum absolute atomic E-state index is 0.140. The van der Waals surface area contributed by atoms with Gasteiger partial charge in [0.25, 0.3) is 5.91 Å². The molecule has 2 N–H and O–H groups in total. The quantitative estimate of drug-likeness (QED) is 0.787. The Morgan fingerprint density at radius 2 is 2.00 bits per heavy atom. The number of rotatable bonds is 6. The molecule has 2 aromatic rings. The van der Waals surface area contributed by atoms with Gasteiger partial charge in [-0.15, -0.1) is 0 Å². The van der Waals surface area contributed by atoms with Crippen molar-refractivity contribution >= 4 is 17.3 Å². The number of aryl methyl sites for hydroxylation is 2. The van der Waals surface area contributed by atoms with Crippen molar-refractivity contribution in [3.63, 3.8) is 0 Å². The van der Waals surface area contributed by atoms with E-state index in [2.05, 4.69) is 28.6 Å². The van der Waals surface area contributed by atoms with E-state index in [1.54, 1.807) is 12.4 Å². The van der Waals surface area contributed by atoms with Crippen LogP contribution >= 0.6 is 0 Å². The van der Waals surface area contributed by atoms with Crippen LogP contribution in [0.5, 0.6) is 0 Å². The van der Waals surface area contributed by atoms with Gasteiger partial charge in [0.05, 0.1) is 11.3 Å². The summed E-state index contributed by atoms with van der Waals surface area (Å²) >= 11 is 0. The zero-order valence-corrected chi connectivity index (χ0v) is 13.4. The first-order valence-electron chi connectivity index (χ1n) is 7.67. The third-order valence-electron chi connectivity index (χ3n) is 3.49. The molecular weight excluding hydrogens is 274 g/mol. The highest BCUT2D eigenvalue weighted by molar-refractivity contribution is 6.04. The SMILES string of the molecule is CCCCNc1cncc(C(=O)Nc2ccc(C)cc2C)c1. The van der Waals surface area contributed by atoms with Crippen LogP contribution in [0, 0.1) is 13.8 Å². The number of aromatic nitrogens is 1. The molecule has 116 valence electrons. The van der Waals surface area contributed by atoms with E-state index in [1.165, 1.54) is 5.56 Å². The van der Waals surface area contributed by atoms with Crippen molar-refractivity contribution < 1.29 is 4.79 Å². The fourth-order valence-electron chi connectivity index (χ4n) is 2.22. The van der Waals surface area contributed by atoms with Crippen LogP contribution in [-0.4, -0.2) is 17.4 Å². The smallest absolute Gasteiger partial charge is 0.257 e. The van der Waals surface area contributed by atoms with Gasteiger partial charge in [0, 0.05) is 24.6 Å². The molecule has 1 aromatic heterocycles. The molecule has 0 aliphatic carbocycles. The van der Waals surface area contributed by atoms with Gasteiger partial charge in [0.15, 0.2) is 0 Å². The van der Waals surface area contributed by atoms with E-state index < -0.39 is 0 Å². The lowest BCUT2D eigenvalue weighted by molar-refractivity contribution is 0.102. The van der Waals surface area contributed by atoms with Gasteiger partial charge in [-0.2, -0.15) is 0 Å². The van der Waals surface area contributed by atoms with Crippen molar-refractivity contribution in [2.45, 2.75) is 33.6 Å². The molecular formula is C18H23N3O. The van der Waals surface area contributed by atoms with Crippen molar-refractivity contribution in [1.29, 1.82) is 0 Å². The molecule has 4 nitrogen and oxygen atoms in total. The van der Waals surface area contributed by atoms with Crippen molar-refractivity contribution in [1.82, 2.24) is 4.98 Å². The Bertz CT molecular complexity index is 653. The van der Waals surface area contributed by atoms with Gasteiger partial charge in [-0.05, 0) is 38.0 Å². The standard InChI is InChI=1S/C18H23N3O/c1-4-5-8-20-16-10-15(11-19-12-16)18(22)21-17-7-6-13(2)9-14(17)3/h6-7,9-12,20H,4-5,8H2,1-3H3,(H,21,22). The monoisotopic (exact) mass is 297 g/mol. The molecule has 0 unspecified atom stereocenters. The number of hydrogen-bond acceptors (Lipinski definition) is 3. The number of nitrogens with one attached hydrogen (secondary N) is 2. The van der Waals surface area contributed by atoms with Crippen molar-refractivity contribution in [2.24, 2.45) is 0 Å². The number of carbonyl (C=O) groups is 1. The van der Waals surface area contributed by atoms with Crippen LogP contribution in [0.4, 0.5) is 11.4 Å². The van der Waals surface area contributed by atoms with Crippen molar-refractivity contribution in [3.8, 4) is 0 Å². The summed E-state index contributed by atoms with van der Waals surface area (Å²) in [6, 6.07) is 7.81. The molecule has 0 radical (unpaired) electrons. The lowest BCUT2D eigenvalue weighted by Gasteiger charge is -2.10. The van der Waals surface area contributed by atoms with Crippen molar-refractivity contribution in [3.05, 3.63) is 53.3 Å². The predicted octanol–water partition coefficient (Wildman–Crippen LogP) is 4.16. The minimum Gasteiger partial charge on any atom is -0.384 e. The molecule has 0 spiro atoms. The van der Waals surface area contributed by atoms with Gasteiger partial charge in [-0.1, -0.05) is 31.0 Å². The van der Waals surface area contributed by atoms with E-state index in [9.17, 15) is 4.79 Å². The third kappa shape index (κ3) is 4.32. The second kappa shape index (κ2) is 7.59. The topological polar surface area (TPSA) is 54.0 Å². The highest BCUT2D eigenvalue weighted by atomic mass is 16.1. The first-order valence-corrected chi connectivity index (χ1v) is 7.67. The van der Waals surface area contributed by atoms with Gasteiger partial charge < -0.3 is 10.6 Å². The van der Waals surface area contributed by atoms with Crippen LogP contribution in [0.2, 0.25) is 0 Å². The number of amides is 1. The number of pyridine rings is 1. The predicted molar refractivity (Wildman–Crippen MR) is 91.5 cm³/mol. The van der Waals surface area contributed by atoms with Gasteiger partial charge in [-0.25, -0.2) is 0 Å². The van der Waals surface area contributed by atoms with Crippen LogP contribution < -0.4 is 10.6 Å². The maximum Gasteiger partial charge on any atom is 0.257 e. The lowest BCUT2D eigenvalue weighted by Crippen LogP contribution is -2.13. The number of anilines is 2. The molecule has 4 heteroatoms. The minimum atomic E-state index is -0.140. The second-order valence-corrected chi connectivity index (χ2v) is 5.52. The fraction of sp³-hybridized carbons (Fsp3) is 0.333. The van der Waals surface area contributed by atoms with E-state index in [1.807, 2.05) is 32.0 Å². The number of carbonyl (C=O) groups excluding carboxylic acids is 1. The number of hydrogen-bond donors (Lipinski definition) is 2. The molecule has 2 rings (SSSR count). The van der Waals surface area contributed by atoms with E-state index in [4.69, 9.17) is 0 Å². The second-order valence-electron chi connectivity index (χ2n) is 5.52. The first kappa shape index (κ1) is 16.0. The van der Waals surface area contributed by atoms with Crippen molar-refractivity contribution in [2.75, 3.05) is 17.2 Å². The van der Waals surface area contributed by atoms with Gasteiger partial charge in [0.2, 0.25) is 0 Å². The Morgan fingerprint density at radius 3 is 2.73 bits per heavy atom. The van der Waals surface area contributed by atoms with Crippen LogP contribution in [0.15, 0.2) is 36.7 Å².